The van der Waals surface area contributed by atoms with Gasteiger partial charge in [0.2, 0.25) is 0 Å². The van der Waals surface area contributed by atoms with Gasteiger partial charge >= 0.3 is 0 Å². The van der Waals surface area contributed by atoms with E-state index in [1.54, 1.807) is 6.20 Å². The van der Waals surface area contributed by atoms with E-state index < -0.39 is 0 Å². The fourth-order valence-electron chi connectivity index (χ4n) is 2.35. The standard InChI is InChI=1S/C14H15BrN4O/c1-2-19-14(10(15)8-17-19)13(18-16)12-7-9-5-3-4-6-11(9)20-12/h3-8,13,18H,2,16H2,1H3. The number of benzene rings is 1. The number of aryl methyl sites for hydroxylation is 1. The molecule has 1 atom stereocenters. The Labute approximate surface area is 124 Å². The molecule has 0 fully saturated rings. The highest BCUT2D eigenvalue weighted by Crippen LogP contribution is 2.31. The SMILES string of the molecule is CCn1ncc(Br)c1C(NN)c1cc2ccccc2o1. The zero-order chi connectivity index (χ0) is 14.1. The van der Waals surface area contributed by atoms with Crippen molar-refractivity contribution in [1.29, 1.82) is 0 Å². The molecule has 1 aromatic carbocycles. The topological polar surface area (TPSA) is 69.0 Å². The predicted molar refractivity (Wildman–Crippen MR) is 81.0 cm³/mol. The maximum absolute atomic E-state index is 5.89. The van der Waals surface area contributed by atoms with Crippen molar-refractivity contribution in [3.8, 4) is 0 Å². The largest absolute Gasteiger partial charge is 0.459 e. The van der Waals surface area contributed by atoms with Crippen molar-refractivity contribution in [1.82, 2.24) is 15.2 Å². The predicted octanol–water partition coefficient (Wildman–Crippen LogP) is 2.96. The molecule has 0 saturated carbocycles. The summed E-state index contributed by atoms with van der Waals surface area (Å²) in [5.74, 6) is 6.51. The van der Waals surface area contributed by atoms with Crippen LogP contribution < -0.4 is 11.3 Å². The number of aromatic nitrogens is 2. The Bertz CT molecular complexity index is 701. The van der Waals surface area contributed by atoms with Gasteiger partial charge in [-0.25, -0.2) is 5.43 Å². The second kappa shape index (κ2) is 5.40. The molecule has 6 heteroatoms. The Hall–Kier alpha value is -1.63. The summed E-state index contributed by atoms with van der Waals surface area (Å²) in [5, 5.41) is 5.37. The maximum atomic E-state index is 5.89. The van der Waals surface area contributed by atoms with E-state index in [9.17, 15) is 0 Å². The Kier molecular flexibility index (Phi) is 3.60. The molecule has 20 heavy (non-hydrogen) atoms. The minimum atomic E-state index is -0.251. The van der Waals surface area contributed by atoms with Gasteiger partial charge in [-0.2, -0.15) is 5.10 Å². The third-order valence-corrected chi connectivity index (χ3v) is 3.91. The molecule has 3 rings (SSSR count). The minimum Gasteiger partial charge on any atom is -0.459 e. The average molecular weight is 335 g/mol. The van der Waals surface area contributed by atoms with Crippen LogP contribution in [0.5, 0.6) is 0 Å². The van der Waals surface area contributed by atoms with E-state index >= 15 is 0 Å². The van der Waals surface area contributed by atoms with Crippen LogP contribution in [0.15, 0.2) is 45.4 Å². The van der Waals surface area contributed by atoms with Crippen LogP contribution in [0.2, 0.25) is 0 Å². The third kappa shape index (κ3) is 2.15. The second-order valence-electron chi connectivity index (χ2n) is 4.48. The number of hydrogen-bond acceptors (Lipinski definition) is 4. The van der Waals surface area contributed by atoms with Gasteiger partial charge in [-0.15, -0.1) is 0 Å². The van der Waals surface area contributed by atoms with E-state index in [2.05, 4.69) is 26.5 Å². The molecule has 2 heterocycles. The number of fused-ring (bicyclic) bond motifs is 1. The molecule has 0 aliphatic rings. The zero-order valence-electron chi connectivity index (χ0n) is 11.0. The number of halogens is 1. The van der Waals surface area contributed by atoms with Crippen LogP contribution in [0.3, 0.4) is 0 Å². The minimum absolute atomic E-state index is 0.251. The molecule has 0 aliphatic heterocycles. The summed E-state index contributed by atoms with van der Waals surface area (Å²) in [7, 11) is 0. The summed E-state index contributed by atoms with van der Waals surface area (Å²) >= 11 is 3.52. The normalized spacial score (nSPS) is 12.9. The maximum Gasteiger partial charge on any atom is 0.134 e. The number of nitrogens with zero attached hydrogens (tertiary/aromatic N) is 2. The summed E-state index contributed by atoms with van der Waals surface area (Å²) in [6, 6.07) is 9.64. The van der Waals surface area contributed by atoms with Crippen LogP contribution >= 0.6 is 15.9 Å². The highest BCUT2D eigenvalue weighted by atomic mass is 79.9. The average Bonchev–Trinajstić information content (AvgIpc) is 3.04. The molecule has 0 radical (unpaired) electrons. The van der Waals surface area contributed by atoms with Gasteiger partial charge in [0.25, 0.3) is 0 Å². The Morgan fingerprint density at radius 3 is 2.95 bits per heavy atom. The third-order valence-electron chi connectivity index (χ3n) is 3.30. The van der Waals surface area contributed by atoms with Crippen LogP contribution in [0.25, 0.3) is 11.0 Å². The quantitative estimate of drug-likeness (QED) is 0.568. The first-order valence-corrected chi connectivity index (χ1v) is 7.19. The number of nitrogens with two attached hydrogens (primary N) is 1. The molecule has 1 unspecified atom stereocenters. The van der Waals surface area contributed by atoms with E-state index in [4.69, 9.17) is 10.3 Å². The summed E-state index contributed by atoms with van der Waals surface area (Å²) in [6.07, 6.45) is 1.77. The lowest BCUT2D eigenvalue weighted by Crippen LogP contribution is -2.30. The number of para-hydroxylation sites is 1. The molecule has 0 bridgehead atoms. The summed E-state index contributed by atoms with van der Waals surface area (Å²) < 4.78 is 8.69. The number of furan rings is 1. The molecule has 0 saturated heterocycles. The van der Waals surface area contributed by atoms with Gasteiger partial charge in [-0.05, 0) is 35.0 Å². The van der Waals surface area contributed by atoms with Crippen molar-refractivity contribution in [3.63, 3.8) is 0 Å². The number of hydrogen-bond donors (Lipinski definition) is 2. The van der Waals surface area contributed by atoms with Crippen LogP contribution in [-0.4, -0.2) is 9.78 Å². The Morgan fingerprint density at radius 1 is 1.45 bits per heavy atom. The first kappa shape index (κ1) is 13.4. The van der Waals surface area contributed by atoms with Gasteiger partial charge in [0.1, 0.15) is 17.4 Å². The first-order valence-electron chi connectivity index (χ1n) is 6.40. The molecule has 2 aromatic heterocycles. The Morgan fingerprint density at radius 2 is 2.25 bits per heavy atom. The van der Waals surface area contributed by atoms with Crippen LogP contribution in [0.1, 0.15) is 24.4 Å². The van der Waals surface area contributed by atoms with Crippen LogP contribution in [0.4, 0.5) is 0 Å². The lowest BCUT2D eigenvalue weighted by Gasteiger charge is -2.15. The van der Waals surface area contributed by atoms with Crippen molar-refractivity contribution in [2.75, 3.05) is 0 Å². The summed E-state index contributed by atoms with van der Waals surface area (Å²) in [6.45, 7) is 2.80. The first-order chi connectivity index (χ1) is 9.74. The van der Waals surface area contributed by atoms with Crippen molar-refractivity contribution in [2.24, 2.45) is 5.84 Å². The van der Waals surface area contributed by atoms with E-state index in [-0.39, 0.29) is 6.04 Å². The monoisotopic (exact) mass is 334 g/mol. The summed E-state index contributed by atoms with van der Waals surface area (Å²) in [5.41, 5.74) is 4.61. The molecule has 3 aromatic rings. The van der Waals surface area contributed by atoms with Crippen molar-refractivity contribution >= 4 is 26.9 Å². The second-order valence-corrected chi connectivity index (χ2v) is 5.33. The van der Waals surface area contributed by atoms with Crippen LogP contribution in [0, 0.1) is 0 Å². The lowest BCUT2D eigenvalue weighted by atomic mass is 10.1. The Balaban J connectivity index is 2.11. The molecule has 0 amide bonds. The van der Waals surface area contributed by atoms with Gasteiger partial charge in [-0.1, -0.05) is 18.2 Å². The zero-order valence-corrected chi connectivity index (χ0v) is 12.6. The van der Waals surface area contributed by atoms with Gasteiger partial charge < -0.3 is 4.42 Å². The molecular weight excluding hydrogens is 320 g/mol. The highest BCUT2D eigenvalue weighted by Gasteiger charge is 2.23. The smallest absolute Gasteiger partial charge is 0.134 e. The van der Waals surface area contributed by atoms with Gasteiger partial charge in [0.05, 0.1) is 16.4 Å². The molecule has 0 spiro atoms. The molecule has 0 aliphatic carbocycles. The molecular formula is C14H15BrN4O. The fourth-order valence-corrected chi connectivity index (χ4v) is 2.88. The van der Waals surface area contributed by atoms with Gasteiger partial charge in [0, 0.05) is 11.9 Å². The van der Waals surface area contributed by atoms with E-state index in [0.717, 1.165) is 33.4 Å². The van der Waals surface area contributed by atoms with Crippen LogP contribution in [-0.2, 0) is 6.54 Å². The number of hydrazine groups is 1. The lowest BCUT2D eigenvalue weighted by molar-refractivity contribution is 0.450. The molecule has 5 nitrogen and oxygen atoms in total. The van der Waals surface area contributed by atoms with E-state index in [1.165, 1.54) is 0 Å². The highest BCUT2D eigenvalue weighted by molar-refractivity contribution is 9.10. The molecule has 3 N–H and O–H groups in total. The fraction of sp³-hybridized carbons (Fsp3) is 0.214. The van der Waals surface area contributed by atoms with Gasteiger partial charge in [0.15, 0.2) is 0 Å². The van der Waals surface area contributed by atoms with Crippen molar-refractivity contribution < 1.29 is 4.42 Å². The number of rotatable bonds is 4. The van der Waals surface area contributed by atoms with E-state index in [0.29, 0.717) is 0 Å². The van der Waals surface area contributed by atoms with Crippen molar-refractivity contribution in [2.45, 2.75) is 19.5 Å². The van der Waals surface area contributed by atoms with Gasteiger partial charge in [-0.3, -0.25) is 10.5 Å². The molecule has 104 valence electrons. The van der Waals surface area contributed by atoms with E-state index in [1.807, 2.05) is 41.9 Å². The van der Waals surface area contributed by atoms with Crippen molar-refractivity contribution in [3.05, 3.63) is 52.5 Å². The number of nitrogens with one attached hydrogen (secondary N) is 1. The summed E-state index contributed by atoms with van der Waals surface area (Å²) in [4.78, 5) is 0.